The van der Waals surface area contributed by atoms with Crippen LogP contribution in [0.2, 0.25) is 0 Å². The number of halogens is 1. The maximum atomic E-state index is 15.3. The Bertz CT molecular complexity index is 3080. The Kier molecular flexibility index (Phi) is 32.4. The van der Waals surface area contributed by atoms with Crippen molar-refractivity contribution in [2.45, 2.75) is 193 Å². The van der Waals surface area contributed by atoms with Gasteiger partial charge in [0, 0.05) is 85.9 Å². The molecule has 1 aliphatic carbocycles. The SMILES string of the molecule is CC[C@H](C)C1NC(=O)[C@H](CC(C)C)N(C)C(=O)C[C@@H](C(=O)N2CCCCC2)N(C)C(=O)[C@H](CC(C)C)NC(=O)[C@H](COC)N(C)C(=O)[C@H](CC2CCCCC2)NC(=O)[C@H](Cc2cccc(I)c2)NC(=O)CN(C)C(=O)C(Cc2ccc(C)cc2)N(C)C(=O)CN(C)C(=O)CN(C)C1=O. The van der Waals surface area contributed by atoms with Gasteiger partial charge in [0.25, 0.3) is 0 Å². The number of rotatable bonds is 15. The van der Waals surface area contributed by atoms with Crippen molar-refractivity contribution in [3.63, 3.8) is 0 Å². The number of aryl methyl sites for hydroxylation is 1. The van der Waals surface area contributed by atoms with E-state index in [1.165, 1.54) is 76.0 Å². The molecular weight excluding hydrogens is 1370 g/mol. The highest BCUT2D eigenvalue weighted by atomic mass is 127. The van der Waals surface area contributed by atoms with Gasteiger partial charge in [0.2, 0.25) is 70.9 Å². The van der Waals surface area contributed by atoms with Crippen LogP contribution >= 0.6 is 22.6 Å². The van der Waals surface area contributed by atoms with Gasteiger partial charge in [-0.2, -0.15) is 0 Å². The molecule has 4 N–H and O–H groups in total. The number of piperidine rings is 1. The van der Waals surface area contributed by atoms with E-state index in [1.807, 2.05) is 84.0 Å². The van der Waals surface area contributed by atoms with Crippen molar-refractivity contribution < 1.29 is 62.3 Å². The molecule has 3 fully saturated rings. The quantitative estimate of drug-likeness (QED) is 0.182. The fourth-order valence-corrected chi connectivity index (χ4v) is 13.6. The third kappa shape index (κ3) is 23.7. The summed E-state index contributed by atoms with van der Waals surface area (Å²) >= 11 is 2.15. The van der Waals surface area contributed by atoms with Crippen LogP contribution in [-0.2, 0) is 75.1 Å². The van der Waals surface area contributed by atoms with Gasteiger partial charge < -0.3 is 65.2 Å². The van der Waals surface area contributed by atoms with Gasteiger partial charge in [-0.1, -0.05) is 122 Å². The lowest BCUT2D eigenvalue weighted by Crippen LogP contribution is -2.61. The standard InChI is InChI=1S/C72H111IN12O13/c1-16-48(7)64-72(97)80(10)42-62(88)78(8)43-63(89)82(12)57(39-50-30-28-47(6)29-31-50)70(95)79(9)41-60(86)74-53(38-51-26-23-27-52(73)36-51)65(90)75-55(37-49-24-19-17-20-25-49)69(94)84(14)59(44-98-15)67(92)76-54(34-45(2)3)68(93)83(13)58(71(96)85-32-21-18-22-33-85)40-61(87)81(11)56(35-46(4)5)66(91)77-64/h23,26-31,36,45-46,48-49,53-59,64H,16-22,24-25,32-35,37-44H2,1-15H3,(H,74,86)(H,75,90)(H,76,92)(H,77,91)/t48-,53-,54-,55-,56-,57?,58-,59-,64?/m0/s1. The zero-order chi connectivity index (χ0) is 72.8. The summed E-state index contributed by atoms with van der Waals surface area (Å²) in [6.07, 6.45) is 6.83. The van der Waals surface area contributed by atoms with Crippen LogP contribution in [0.4, 0.5) is 0 Å². The van der Waals surface area contributed by atoms with Crippen LogP contribution in [0.25, 0.3) is 0 Å². The average Bonchev–Trinajstić information content (AvgIpc) is 0.828. The summed E-state index contributed by atoms with van der Waals surface area (Å²) in [7, 11) is 11.2. The topological polar surface area (TPSA) is 288 Å². The minimum Gasteiger partial charge on any atom is -0.382 e. The zero-order valence-electron chi connectivity index (χ0n) is 60.7. The number of likely N-dealkylation sites (tertiary alicyclic amines) is 1. The second kappa shape index (κ2) is 38.9. The van der Waals surface area contributed by atoms with Crippen LogP contribution in [-0.4, -0.2) is 254 Å². The minimum atomic E-state index is -1.41. The molecule has 3 aliphatic rings. The van der Waals surface area contributed by atoms with Crippen LogP contribution < -0.4 is 21.3 Å². The molecule has 2 saturated heterocycles. The molecule has 0 aromatic heterocycles. The highest BCUT2D eigenvalue weighted by Gasteiger charge is 2.43. The molecule has 0 radical (unpaired) electrons. The molecule has 2 aliphatic heterocycles. The fraction of sp³-hybridized carbons (Fsp3) is 0.667. The van der Waals surface area contributed by atoms with Crippen LogP contribution in [0.3, 0.4) is 0 Å². The molecule has 2 aromatic rings. The molecular formula is C72H111IN12O13. The van der Waals surface area contributed by atoms with E-state index < -0.39 is 151 Å². The van der Waals surface area contributed by atoms with Gasteiger partial charge in [-0.25, -0.2) is 0 Å². The Morgan fingerprint density at radius 3 is 1.72 bits per heavy atom. The normalized spacial score (nSPS) is 24.8. The van der Waals surface area contributed by atoms with Gasteiger partial charge in [-0.3, -0.25) is 57.5 Å². The number of ether oxygens (including phenoxy) is 1. The number of hydrogen-bond donors (Lipinski definition) is 4. The molecule has 9 atom stereocenters. The lowest BCUT2D eigenvalue weighted by molar-refractivity contribution is -0.151. The maximum absolute atomic E-state index is 15.3. The number of carbonyl (C=O) groups excluding carboxylic acids is 12. The Labute approximate surface area is 594 Å². The first-order chi connectivity index (χ1) is 46.3. The summed E-state index contributed by atoms with van der Waals surface area (Å²) in [5.41, 5.74) is 2.32. The largest absolute Gasteiger partial charge is 0.382 e. The summed E-state index contributed by atoms with van der Waals surface area (Å²) < 4.78 is 6.47. The van der Waals surface area contributed by atoms with Crippen molar-refractivity contribution in [2.75, 3.05) is 95.8 Å². The summed E-state index contributed by atoms with van der Waals surface area (Å²) in [5, 5.41) is 11.6. The average molecular weight is 1480 g/mol. The molecule has 1 saturated carbocycles. The molecule has 2 unspecified atom stereocenters. The second-order valence-corrected chi connectivity index (χ2v) is 29.5. The molecule has 2 aromatic carbocycles. The van der Waals surface area contributed by atoms with E-state index in [0.29, 0.717) is 43.5 Å². The molecule has 0 bridgehead atoms. The van der Waals surface area contributed by atoms with Crippen molar-refractivity contribution in [1.82, 2.24) is 60.5 Å². The zero-order valence-corrected chi connectivity index (χ0v) is 62.8. The first-order valence-electron chi connectivity index (χ1n) is 34.8. The molecule has 12 amide bonds. The molecule has 0 spiro atoms. The number of likely N-dealkylation sites (N-methyl/N-ethyl adjacent to an activating group) is 7. The third-order valence-corrected chi connectivity index (χ3v) is 20.1. The van der Waals surface area contributed by atoms with E-state index in [4.69, 9.17) is 4.74 Å². The van der Waals surface area contributed by atoms with Crippen molar-refractivity contribution in [3.05, 3.63) is 68.8 Å². The highest BCUT2D eigenvalue weighted by Crippen LogP contribution is 2.29. The first kappa shape index (κ1) is 81.4. The van der Waals surface area contributed by atoms with Gasteiger partial charge in [-0.15, -0.1) is 0 Å². The molecule has 544 valence electrons. The van der Waals surface area contributed by atoms with Crippen LogP contribution in [0, 0.1) is 34.2 Å². The van der Waals surface area contributed by atoms with E-state index in [9.17, 15) is 38.4 Å². The van der Waals surface area contributed by atoms with E-state index in [2.05, 4.69) is 43.9 Å². The van der Waals surface area contributed by atoms with Gasteiger partial charge in [0.1, 0.15) is 48.3 Å². The van der Waals surface area contributed by atoms with E-state index in [1.54, 1.807) is 17.9 Å². The van der Waals surface area contributed by atoms with Gasteiger partial charge in [-0.05, 0) is 115 Å². The fourth-order valence-electron chi connectivity index (χ4n) is 13.0. The minimum absolute atomic E-state index is 0.00229. The summed E-state index contributed by atoms with van der Waals surface area (Å²) in [4.78, 5) is 188. The maximum Gasteiger partial charge on any atom is 0.245 e. The lowest BCUT2D eigenvalue weighted by Gasteiger charge is -2.38. The van der Waals surface area contributed by atoms with Crippen LogP contribution in [0.15, 0.2) is 48.5 Å². The molecule has 25 nitrogen and oxygen atoms in total. The molecule has 5 rings (SSSR count). The number of amides is 12. The number of carbonyl (C=O) groups is 12. The van der Waals surface area contributed by atoms with Gasteiger partial charge in [0.15, 0.2) is 0 Å². The van der Waals surface area contributed by atoms with Crippen molar-refractivity contribution in [1.29, 1.82) is 0 Å². The smallest absolute Gasteiger partial charge is 0.245 e. The number of hydrogen-bond acceptors (Lipinski definition) is 13. The number of methoxy groups -OCH3 is 1. The summed E-state index contributed by atoms with van der Waals surface area (Å²) in [6.45, 7) is 11.8. The monoisotopic (exact) mass is 1480 g/mol. The van der Waals surface area contributed by atoms with Gasteiger partial charge >= 0.3 is 0 Å². The first-order valence-corrected chi connectivity index (χ1v) is 35.9. The van der Waals surface area contributed by atoms with Crippen LogP contribution in [0.5, 0.6) is 0 Å². The number of nitrogens with zero attached hydrogens (tertiary/aromatic N) is 8. The van der Waals surface area contributed by atoms with Crippen molar-refractivity contribution in [2.24, 2.45) is 23.7 Å². The molecule has 2 heterocycles. The van der Waals surface area contributed by atoms with E-state index in [0.717, 1.165) is 62.4 Å². The Morgan fingerprint density at radius 1 is 0.551 bits per heavy atom. The second-order valence-electron chi connectivity index (χ2n) is 28.3. The summed E-state index contributed by atoms with van der Waals surface area (Å²) in [6, 6.07) is 4.49. The van der Waals surface area contributed by atoms with Crippen molar-refractivity contribution in [3.8, 4) is 0 Å². The van der Waals surface area contributed by atoms with E-state index in [-0.39, 0.29) is 56.5 Å². The summed E-state index contributed by atoms with van der Waals surface area (Å²) in [5.74, 6) is -8.79. The number of benzene rings is 2. The van der Waals surface area contributed by atoms with Crippen molar-refractivity contribution >= 4 is 93.5 Å². The predicted octanol–water partition coefficient (Wildman–Crippen LogP) is 4.18. The number of nitrogens with one attached hydrogen (secondary N) is 4. The predicted molar refractivity (Wildman–Crippen MR) is 381 cm³/mol. The molecule has 98 heavy (non-hydrogen) atoms. The van der Waals surface area contributed by atoms with Crippen LogP contribution in [0.1, 0.15) is 142 Å². The Balaban J connectivity index is 1.64. The highest BCUT2D eigenvalue weighted by molar-refractivity contribution is 14.1. The Morgan fingerprint density at radius 2 is 1.12 bits per heavy atom. The third-order valence-electron chi connectivity index (χ3n) is 19.4. The lowest BCUT2D eigenvalue weighted by atomic mass is 9.84. The molecule has 26 heteroatoms. The van der Waals surface area contributed by atoms with E-state index >= 15 is 19.2 Å². The Hall–Kier alpha value is -7.23. The van der Waals surface area contributed by atoms with Gasteiger partial charge in [0.05, 0.1) is 32.7 Å².